The highest BCUT2D eigenvalue weighted by Gasteiger charge is 2.11. The third-order valence-corrected chi connectivity index (χ3v) is 2.91. The van der Waals surface area contributed by atoms with Crippen LogP contribution in [0, 0.1) is 0 Å². The van der Waals surface area contributed by atoms with Crippen LogP contribution in [0.1, 0.15) is 15.2 Å². The molecule has 1 heterocycles. The van der Waals surface area contributed by atoms with Gasteiger partial charge in [0.1, 0.15) is 5.75 Å². The molecule has 0 unspecified atom stereocenters. The number of benzene rings is 1. The zero-order chi connectivity index (χ0) is 10.8. The maximum Gasteiger partial charge on any atom is 0.203 e. The Balaban J connectivity index is 2.39. The third kappa shape index (κ3) is 1.85. The number of nitrogens with two attached hydrogens (primary N) is 1. The molecule has 3 nitrogen and oxygen atoms in total. The molecular weight excluding hydrogens is 210 g/mol. The van der Waals surface area contributed by atoms with Crippen LogP contribution in [0.25, 0.3) is 0 Å². The number of phenolic OH excluding ortho intramolecular Hbond substituents is 1. The van der Waals surface area contributed by atoms with E-state index in [1.807, 2.05) is 11.4 Å². The monoisotopic (exact) mass is 219 g/mol. The van der Waals surface area contributed by atoms with E-state index in [2.05, 4.69) is 0 Å². The molecule has 0 aliphatic heterocycles. The fourth-order valence-corrected chi connectivity index (χ4v) is 1.92. The molecule has 1 aromatic carbocycles. The maximum atomic E-state index is 11.8. The van der Waals surface area contributed by atoms with Gasteiger partial charge in [-0.2, -0.15) is 0 Å². The second-order valence-corrected chi connectivity index (χ2v) is 4.03. The number of phenols is 1. The van der Waals surface area contributed by atoms with Crippen LogP contribution in [-0.2, 0) is 0 Å². The molecule has 0 saturated carbocycles. The summed E-state index contributed by atoms with van der Waals surface area (Å²) in [5.41, 5.74) is 6.17. The first kappa shape index (κ1) is 9.73. The minimum absolute atomic E-state index is 0.0580. The first-order valence-electron chi connectivity index (χ1n) is 4.35. The third-order valence-electron chi connectivity index (χ3n) is 2.04. The Bertz CT molecular complexity index is 491. The number of anilines is 1. The molecule has 2 aromatic rings. The van der Waals surface area contributed by atoms with Gasteiger partial charge >= 0.3 is 0 Å². The number of carbonyl (C=O) groups is 1. The van der Waals surface area contributed by atoms with Crippen molar-refractivity contribution in [1.82, 2.24) is 0 Å². The quantitative estimate of drug-likeness (QED) is 0.462. The molecule has 0 aliphatic carbocycles. The van der Waals surface area contributed by atoms with E-state index in [1.54, 1.807) is 12.1 Å². The normalized spacial score (nSPS) is 10.1. The van der Waals surface area contributed by atoms with Gasteiger partial charge in [0, 0.05) is 5.56 Å². The standard InChI is InChI=1S/C11H9NO2S/c12-8-4-3-7(6-9(8)13)11(14)10-2-1-5-15-10/h1-6,13H,12H2. The van der Waals surface area contributed by atoms with Gasteiger partial charge in [0.2, 0.25) is 5.78 Å². The SMILES string of the molecule is Nc1ccc(C(=O)c2cccs2)cc1O. The molecule has 0 amide bonds. The van der Waals surface area contributed by atoms with E-state index in [0.717, 1.165) is 0 Å². The average Bonchev–Trinajstić information content (AvgIpc) is 2.74. The fourth-order valence-electron chi connectivity index (χ4n) is 1.23. The first-order chi connectivity index (χ1) is 7.18. The molecule has 0 fully saturated rings. The summed E-state index contributed by atoms with van der Waals surface area (Å²) in [6.45, 7) is 0. The minimum Gasteiger partial charge on any atom is -0.506 e. The second-order valence-electron chi connectivity index (χ2n) is 3.08. The van der Waals surface area contributed by atoms with Crippen molar-refractivity contribution in [2.24, 2.45) is 0 Å². The van der Waals surface area contributed by atoms with Gasteiger partial charge in [-0.3, -0.25) is 4.79 Å². The lowest BCUT2D eigenvalue weighted by Gasteiger charge is -2.01. The molecule has 0 atom stereocenters. The first-order valence-corrected chi connectivity index (χ1v) is 5.23. The van der Waals surface area contributed by atoms with Crippen molar-refractivity contribution in [2.75, 3.05) is 5.73 Å². The smallest absolute Gasteiger partial charge is 0.203 e. The van der Waals surface area contributed by atoms with E-state index in [4.69, 9.17) is 5.73 Å². The van der Waals surface area contributed by atoms with Gasteiger partial charge in [0.05, 0.1) is 10.6 Å². The van der Waals surface area contributed by atoms with Gasteiger partial charge in [-0.25, -0.2) is 0 Å². The molecule has 76 valence electrons. The Morgan fingerprint density at radius 1 is 1.33 bits per heavy atom. The van der Waals surface area contributed by atoms with Gasteiger partial charge in [0.25, 0.3) is 0 Å². The lowest BCUT2D eigenvalue weighted by atomic mass is 10.1. The Morgan fingerprint density at radius 3 is 2.73 bits per heavy atom. The van der Waals surface area contributed by atoms with Gasteiger partial charge in [-0.1, -0.05) is 6.07 Å². The summed E-state index contributed by atoms with van der Waals surface area (Å²) in [5.74, 6) is -0.155. The molecule has 1 aromatic heterocycles. The Morgan fingerprint density at radius 2 is 2.13 bits per heavy atom. The lowest BCUT2D eigenvalue weighted by Crippen LogP contribution is -1.98. The fraction of sp³-hybridized carbons (Fsp3) is 0. The molecule has 15 heavy (non-hydrogen) atoms. The van der Waals surface area contributed by atoms with Crippen molar-refractivity contribution < 1.29 is 9.90 Å². The minimum atomic E-state index is -0.0969. The number of hydrogen-bond acceptors (Lipinski definition) is 4. The van der Waals surface area contributed by atoms with Crippen LogP contribution in [0.15, 0.2) is 35.7 Å². The van der Waals surface area contributed by atoms with Crippen LogP contribution in [-0.4, -0.2) is 10.9 Å². The molecule has 0 radical (unpaired) electrons. The number of carbonyl (C=O) groups excluding carboxylic acids is 1. The van der Waals surface area contributed by atoms with Gasteiger partial charge in [0.15, 0.2) is 0 Å². The van der Waals surface area contributed by atoms with Crippen molar-refractivity contribution >= 4 is 22.8 Å². The largest absolute Gasteiger partial charge is 0.506 e. The van der Waals surface area contributed by atoms with Gasteiger partial charge in [-0.05, 0) is 29.6 Å². The van der Waals surface area contributed by atoms with E-state index in [0.29, 0.717) is 10.4 Å². The highest BCUT2D eigenvalue weighted by atomic mass is 32.1. The second kappa shape index (κ2) is 3.74. The molecule has 0 saturated heterocycles. The molecular formula is C11H9NO2S. The topological polar surface area (TPSA) is 63.3 Å². The molecule has 0 bridgehead atoms. The van der Waals surface area contributed by atoms with Crippen molar-refractivity contribution in [3.63, 3.8) is 0 Å². The van der Waals surface area contributed by atoms with E-state index < -0.39 is 0 Å². The van der Waals surface area contributed by atoms with Crippen molar-refractivity contribution in [1.29, 1.82) is 0 Å². The summed E-state index contributed by atoms with van der Waals surface area (Å²) in [7, 11) is 0. The zero-order valence-electron chi connectivity index (χ0n) is 7.81. The number of rotatable bonds is 2. The van der Waals surface area contributed by atoms with Crippen LogP contribution in [0.5, 0.6) is 5.75 Å². The highest BCUT2D eigenvalue weighted by Crippen LogP contribution is 2.23. The van der Waals surface area contributed by atoms with E-state index in [9.17, 15) is 9.90 Å². The molecule has 3 N–H and O–H groups in total. The Labute approximate surface area is 90.8 Å². The lowest BCUT2D eigenvalue weighted by molar-refractivity contribution is 0.104. The molecule has 2 rings (SSSR count). The summed E-state index contributed by atoms with van der Waals surface area (Å²) < 4.78 is 0. The zero-order valence-corrected chi connectivity index (χ0v) is 8.62. The summed E-state index contributed by atoms with van der Waals surface area (Å²) >= 11 is 1.37. The summed E-state index contributed by atoms with van der Waals surface area (Å²) in [4.78, 5) is 12.5. The number of aromatic hydroxyl groups is 1. The van der Waals surface area contributed by atoms with Crippen LogP contribution >= 0.6 is 11.3 Å². The van der Waals surface area contributed by atoms with Crippen LogP contribution < -0.4 is 5.73 Å². The van der Waals surface area contributed by atoms with E-state index in [-0.39, 0.29) is 17.2 Å². The highest BCUT2D eigenvalue weighted by molar-refractivity contribution is 7.12. The number of hydrogen-bond donors (Lipinski definition) is 2. The van der Waals surface area contributed by atoms with Crippen LogP contribution in [0.3, 0.4) is 0 Å². The van der Waals surface area contributed by atoms with Crippen molar-refractivity contribution in [3.8, 4) is 5.75 Å². The van der Waals surface area contributed by atoms with Gasteiger partial charge < -0.3 is 10.8 Å². The molecule has 4 heteroatoms. The predicted octanol–water partition coefficient (Wildman–Crippen LogP) is 2.27. The Kier molecular flexibility index (Phi) is 2.43. The average molecular weight is 219 g/mol. The van der Waals surface area contributed by atoms with Crippen molar-refractivity contribution in [2.45, 2.75) is 0 Å². The number of ketones is 1. The Hall–Kier alpha value is -1.81. The van der Waals surface area contributed by atoms with E-state index in [1.165, 1.54) is 23.5 Å². The van der Waals surface area contributed by atoms with Crippen LogP contribution in [0.2, 0.25) is 0 Å². The summed E-state index contributed by atoms with van der Waals surface area (Å²) in [6.07, 6.45) is 0. The van der Waals surface area contributed by atoms with Crippen molar-refractivity contribution in [3.05, 3.63) is 46.2 Å². The predicted molar refractivity (Wildman–Crippen MR) is 60.3 cm³/mol. The number of thiophene rings is 1. The van der Waals surface area contributed by atoms with Crippen LogP contribution in [0.4, 0.5) is 5.69 Å². The summed E-state index contributed by atoms with van der Waals surface area (Å²) in [6, 6.07) is 8.08. The maximum absolute atomic E-state index is 11.8. The summed E-state index contributed by atoms with van der Waals surface area (Å²) in [5, 5.41) is 11.2. The van der Waals surface area contributed by atoms with E-state index >= 15 is 0 Å². The van der Waals surface area contributed by atoms with Gasteiger partial charge in [-0.15, -0.1) is 11.3 Å². The molecule has 0 spiro atoms. The molecule has 0 aliphatic rings. The number of nitrogen functional groups attached to an aromatic ring is 1.